The lowest BCUT2D eigenvalue weighted by Crippen LogP contribution is -2.39. The first kappa shape index (κ1) is 13.3. The van der Waals surface area contributed by atoms with E-state index in [1.165, 1.54) is 11.1 Å². The maximum atomic E-state index is 5.37. The highest BCUT2D eigenvalue weighted by Crippen LogP contribution is 2.22. The minimum atomic E-state index is 0.858. The number of aryl methyl sites for hydroxylation is 1. The van der Waals surface area contributed by atoms with Crippen LogP contribution in [-0.2, 0) is 4.74 Å². The Bertz CT molecular complexity index is 579. The number of nitrogens with one attached hydrogen (secondary N) is 1. The van der Waals surface area contributed by atoms with Crippen LogP contribution in [0.5, 0.6) is 0 Å². The predicted molar refractivity (Wildman–Crippen MR) is 82.2 cm³/mol. The van der Waals surface area contributed by atoms with Gasteiger partial charge in [0.15, 0.2) is 0 Å². The highest BCUT2D eigenvalue weighted by atomic mass is 16.5. The van der Waals surface area contributed by atoms with Crippen LogP contribution in [0.1, 0.15) is 5.69 Å². The third-order valence-corrected chi connectivity index (χ3v) is 3.69. The zero-order chi connectivity index (χ0) is 13.8. The van der Waals surface area contributed by atoms with Gasteiger partial charge in [-0.2, -0.15) is 0 Å². The third kappa shape index (κ3) is 3.08. The van der Waals surface area contributed by atoms with E-state index in [1.54, 1.807) is 0 Å². The Kier molecular flexibility index (Phi) is 4.14. The first-order valence-corrected chi connectivity index (χ1v) is 7.23. The second-order valence-electron chi connectivity index (χ2n) is 5.21. The topological polar surface area (TPSA) is 37.4 Å². The van der Waals surface area contributed by atoms with Crippen LogP contribution in [0.15, 0.2) is 30.3 Å². The molecule has 20 heavy (non-hydrogen) atoms. The number of aromatic nitrogens is 1. The lowest BCUT2D eigenvalue weighted by atomic mass is 10.1. The Morgan fingerprint density at radius 3 is 2.90 bits per heavy atom. The summed E-state index contributed by atoms with van der Waals surface area (Å²) in [5.74, 6) is 0. The molecule has 1 fully saturated rings. The molecule has 4 nitrogen and oxygen atoms in total. The molecule has 106 valence electrons. The summed E-state index contributed by atoms with van der Waals surface area (Å²) in [6, 6.07) is 10.4. The number of ether oxygens (including phenoxy) is 1. The molecule has 0 amide bonds. The van der Waals surface area contributed by atoms with Crippen molar-refractivity contribution in [2.75, 3.05) is 44.7 Å². The number of nitrogens with zero attached hydrogens (tertiary/aromatic N) is 2. The van der Waals surface area contributed by atoms with Crippen molar-refractivity contribution < 1.29 is 4.74 Å². The quantitative estimate of drug-likeness (QED) is 0.926. The highest BCUT2D eigenvalue weighted by molar-refractivity contribution is 5.91. The van der Waals surface area contributed by atoms with Crippen molar-refractivity contribution >= 4 is 16.6 Å². The molecule has 1 aliphatic rings. The number of rotatable bonds is 4. The van der Waals surface area contributed by atoms with Crippen LogP contribution < -0.4 is 5.32 Å². The van der Waals surface area contributed by atoms with Gasteiger partial charge in [-0.15, -0.1) is 0 Å². The standard InChI is InChI=1S/C16H21N3O/c1-13-12-16(14-4-2-3-5-15(14)18-13)17-6-7-19-8-10-20-11-9-19/h2-5,12H,6-11H2,1H3,(H,17,18). The van der Waals surface area contributed by atoms with E-state index in [1.807, 2.05) is 13.0 Å². The molecule has 0 spiro atoms. The van der Waals surface area contributed by atoms with Crippen LogP contribution in [0.25, 0.3) is 10.9 Å². The number of morpholine rings is 1. The van der Waals surface area contributed by atoms with Crippen LogP contribution in [0.4, 0.5) is 5.69 Å². The van der Waals surface area contributed by atoms with Gasteiger partial charge in [0, 0.05) is 42.9 Å². The first-order chi connectivity index (χ1) is 9.83. The molecule has 1 N–H and O–H groups in total. The molecule has 1 aliphatic heterocycles. The fraction of sp³-hybridized carbons (Fsp3) is 0.438. The van der Waals surface area contributed by atoms with Gasteiger partial charge in [0.2, 0.25) is 0 Å². The van der Waals surface area contributed by atoms with E-state index in [9.17, 15) is 0 Å². The summed E-state index contributed by atoms with van der Waals surface area (Å²) < 4.78 is 5.37. The first-order valence-electron chi connectivity index (χ1n) is 7.23. The molecule has 0 atom stereocenters. The number of pyridine rings is 1. The van der Waals surface area contributed by atoms with Crippen molar-refractivity contribution in [2.24, 2.45) is 0 Å². The van der Waals surface area contributed by atoms with Crippen LogP contribution in [0, 0.1) is 6.92 Å². The Balaban J connectivity index is 1.67. The van der Waals surface area contributed by atoms with Crippen molar-refractivity contribution in [3.05, 3.63) is 36.0 Å². The van der Waals surface area contributed by atoms with Gasteiger partial charge in [-0.05, 0) is 19.1 Å². The van der Waals surface area contributed by atoms with E-state index < -0.39 is 0 Å². The third-order valence-electron chi connectivity index (χ3n) is 3.69. The monoisotopic (exact) mass is 271 g/mol. The van der Waals surface area contributed by atoms with E-state index >= 15 is 0 Å². The van der Waals surface area contributed by atoms with Crippen molar-refractivity contribution in [1.82, 2.24) is 9.88 Å². The van der Waals surface area contributed by atoms with Gasteiger partial charge in [0.25, 0.3) is 0 Å². The molecule has 0 bridgehead atoms. The molecule has 0 unspecified atom stereocenters. The van der Waals surface area contributed by atoms with Gasteiger partial charge in [0.05, 0.1) is 18.7 Å². The Hall–Kier alpha value is -1.65. The molecule has 0 aliphatic carbocycles. The molecule has 0 saturated carbocycles. The smallest absolute Gasteiger partial charge is 0.0725 e. The molecule has 1 aromatic heterocycles. The number of para-hydroxylation sites is 1. The average Bonchev–Trinajstić information content (AvgIpc) is 2.48. The lowest BCUT2D eigenvalue weighted by Gasteiger charge is -2.26. The minimum Gasteiger partial charge on any atom is -0.383 e. The molecular formula is C16H21N3O. The normalized spacial score (nSPS) is 16.4. The summed E-state index contributed by atoms with van der Waals surface area (Å²) in [5.41, 5.74) is 3.29. The van der Waals surface area contributed by atoms with Crippen LogP contribution in [0.2, 0.25) is 0 Å². The van der Waals surface area contributed by atoms with Crippen molar-refractivity contribution in [2.45, 2.75) is 6.92 Å². The molecule has 4 heteroatoms. The number of anilines is 1. The second kappa shape index (κ2) is 6.20. The summed E-state index contributed by atoms with van der Waals surface area (Å²) in [6.07, 6.45) is 0. The van der Waals surface area contributed by atoms with E-state index in [-0.39, 0.29) is 0 Å². The van der Waals surface area contributed by atoms with Crippen LogP contribution >= 0.6 is 0 Å². The van der Waals surface area contributed by atoms with E-state index in [4.69, 9.17) is 4.74 Å². The van der Waals surface area contributed by atoms with E-state index in [2.05, 4.69) is 39.5 Å². The number of benzene rings is 1. The highest BCUT2D eigenvalue weighted by Gasteiger charge is 2.09. The molecular weight excluding hydrogens is 250 g/mol. The second-order valence-corrected chi connectivity index (χ2v) is 5.21. The van der Waals surface area contributed by atoms with Crippen LogP contribution in [0.3, 0.4) is 0 Å². The lowest BCUT2D eigenvalue weighted by molar-refractivity contribution is 0.0398. The zero-order valence-corrected chi connectivity index (χ0v) is 11.9. The fourth-order valence-electron chi connectivity index (χ4n) is 2.63. The van der Waals surface area contributed by atoms with Crippen molar-refractivity contribution in [1.29, 1.82) is 0 Å². The summed E-state index contributed by atoms with van der Waals surface area (Å²) in [6.45, 7) is 7.84. The molecule has 2 heterocycles. The average molecular weight is 271 g/mol. The van der Waals surface area contributed by atoms with E-state index in [0.29, 0.717) is 0 Å². The van der Waals surface area contributed by atoms with Crippen LogP contribution in [-0.4, -0.2) is 49.3 Å². The Labute approximate surface area is 119 Å². The summed E-state index contributed by atoms with van der Waals surface area (Å²) in [7, 11) is 0. The maximum absolute atomic E-state index is 5.37. The Morgan fingerprint density at radius 2 is 2.05 bits per heavy atom. The molecule has 0 radical (unpaired) electrons. The van der Waals surface area contributed by atoms with Gasteiger partial charge >= 0.3 is 0 Å². The fourth-order valence-corrected chi connectivity index (χ4v) is 2.63. The Morgan fingerprint density at radius 1 is 1.25 bits per heavy atom. The summed E-state index contributed by atoms with van der Waals surface area (Å²) in [5, 5.41) is 4.75. The van der Waals surface area contributed by atoms with Gasteiger partial charge < -0.3 is 10.1 Å². The van der Waals surface area contributed by atoms with E-state index in [0.717, 1.165) is 50.6 Å². The molecule has 2 aromatic rings. The van der Waals surface area contributed by atoms with Gasteiger partial charge in [-0.25, -0.2) is 0 Å². The number of hydrogen-bond acceptors (Lipinski definition) is 4. The number of hydrogen-bond donors (Lipinski definition) is 1. The number of fused-ring (bicyclic) bond motifs is 1. The molecule has 3 rings (SSSR count). The predicted octanol–water partition coefficient (Wildman–Crippen LogP) is 2.29. The summed E-state index contributed by atoms with van der Waals surface area (Å²) in [4.78, 5) is 7.00. The van der Waals surface area contributed by atoms with Gasteiger partial charge in [0.1, 0.15) is 0 Å². The minimum absolute atomic E-state index is 0.858. The molecule has 1 aromatic carbocycles. The van der Waals surface area contributed by atoms with Crippen molar-refractivity contribution in [3.8, 4) is 0 Å². The van der Waals surface area contributed by atoms with Gasteiger partial charge in [-0.1, -0.05) is 18.2 Å². The maximum Gasteiger partial charge on any atom is 0.0725 e. The zero-order valence-electron chi connectivity index (χ0n) is 11.9. The largest absolute Gasteiger partial charge is 0.383 e. The van der Waals surface area contributed by atoms with Crippen molar-refractivity contribution in [3.63, 3.8) is 0 Å². The van der Waals surface area contributed by atoms with Gasteiger partial charge in [-0.3, -0.25) is 9.88 Å². The SMILES string of the molecule is Cc1cc(NCCN2CCOCC2)c2ccccc2n1. The summed E-state index contributed by atoms with van der Waals surface area (Å²) >= 11 is 0. The molecule has 1 saturated heterocycles.